The maximum atomic E-state index is 13.4. The zero-order valence-corrected chi connectivity index (χ0v) is 21.6. The van der Waals surface area contributed by atoms with Gasteiger partial charge in [0.2, 0.25) is 0 Å². The van der Waals surface area contributed by atoms with Gasteiger partial charge in [0, 0.05) is 23.6 Å². The minimum atomic E-state index is -0.899. The molecule has 1 aromatic heterocycles. The number of benzene rings is 2. The Labute approximate surface area is 220 Å². The molecule has 1 atom stereocenters. The number of carbonyl (C=O) groups is 2. The molecule has 37 heavy (non-hydrogen) atoms. The molecule has 3 N–H and O–H groups in total. The van der Waals surface area contributed by atoms with Gasteiger partial charge in [-0.05, 0) is 52.1 Å². The van der Waals surface area contributed by atoms with Gasteiger partial charge in [-0.2, -0.15) is 11.3 Å². The van der Waals surface area contributed by atoms with E-state index in [0.29, 0.717) is 17.0 Å². The molecule has 1 unspecified atom stereocenters. The van der Waals surface area contributed by atoms with E-state index in [-0.39, 0.29) is 43.5 Å². The second-order valence-corrected chi connectivity index (χ2v) is 10.3. The third-order valence-electron chi connectivity index (χ3n) is 6.31. The molecule has 0 saturated heterocycles. The minimum Gasteiger partial charge on any atom is -0.503 e. The van der Waals surface area contributed by atoms with Crippen LogP contribution >= 0.6 is 11.3 Å². The highest BCUT2D eigenvalue weighted by atomic mass is 32.1. The summed E-state index contributed by atoms with van der Waals surface area (Å²) in [6.07, 6.45) is 0.175. The van der Waals surface area contributed by atoms with Crippen LogP contribution in [0.4, 0.5) is 5.69 Å². The highest BCUT2D eigenvalue weighted by Crippen LogP contribution is 2.45. The first kappa shape index (κ1) is 26.6. The van der Waals surface area contributed by atoms with Gasteiger partial charge in [-0.25, -0.2) is 0 Å². The van der Waals surface area contributed by atoms with Crippen LogP contribution in [-0.4, -0.2) is 46.8 Å². The van der Waals surface area contributed by atoms with Gasteiger partial charge in [-0.1, -0.05) is 44.2 Å². The van der Waals surface area contributed by atoms with Gasteiger partial charge in [0.15, 0.2) is 11.5 Å². The lowest BCUT2D eigenvalue weighted by Gasteiger charge is -2.29. The van der Waals surface area contributed by atoms with Gasteiger partial charge in [0.05, 0.1) is 31.4 Å². The third-order valence-corrected chi connectivity index (χ3v) is 6.99. The average molecular weight is 522 g/mol. The molecule has 8 heteroatoms. The summed E-state index contributed by atoms with van der Waals surface area (Å²) in [6, 6.07) is 15.5. The number of thiophene rings is 1. The normalized spacial score (nSPS) is 15.8. The first-order valence-electron chi connectivity index (χ1n) is 12.2. The van der Waals surface area contributed by atoms with E-state index in [1.807, 2.05) is 42.8 Å². The summed E-state index contributed by atoms with van der Waals surface area (Å²) in [7, 11) is 0. The maximum absolute atomic E-state index is 13.4. The lowest BCUT2D eigenvalue weighted by atomic mass is 9.91. The molecule has 4 rings (SSSR count). The number of amides is 1. The fourth-order valence-electron chi connectivity index (χ4n) is 4.38. The fourth-order valence-corrected chi connectivity index (χ4v) is 5.05. The van der Waals surface area contributed by atoms with Gasteiger partial charge in [-0.3, -0.25) is 14.5 Å². The number of para-hydroxylation sites is 1. The second-order valence-electron chi connectivity index (χ2n) is 9.50. The van der Waals surface area contributed by atoms with Crippen LogP contribution in [0.5, 0.6) is 5.75 Å². The summed E-state index contributed by atoms with van der Waals surface area (Å²) < 4.78 is 5.95. The van der Waals surface area contributed by atoms with E-state index in [9.17, 15) is 24.9 Å². The van der Waals surface area contributed by atoms with E-state index >= 15 is 0 Å². The number of Topliss-reactive ketones (excluding diaryl/α,β-unsaturated/α-hetero) is 1. The summed E-state index contributed by atoms with van der Waals surface area (Å²) in [4.78, 5) is 28.2. The number of ketones is 1. The van der Waals surface area contributed by atoms with Crippen molar-refractivity contribution in [3.63, 3.8) is 0 Å². The zero-order valence-electron chi connectivity index (χ0n) is 20.8. The van der Waals surface area contributed by atoms with E-state index in [0.717, 1.165) is 11.1 Å². The molecule has 0 radical (unpaired) electrons. The maximum Gasteiger partial charge on any atom is 0.294 e. The van der Waals surface area contributed by atoms with Crippen LogP contribution in [0.1, 0.15) is 31.9 Å². The predicted molar refractivity (Wildman–Crippen MR) is 144 cm³/mol. The van der Waals surface area contributed by atoms with Crippen LogP contribution < -0.4 is 9.64 Å². The topological polar surface area (TPSA) is 107 Å². The summed E-state index contributed by atoms with van der Waals surface area (Å²) in [5.41, 5.74) is 3.16. The SMILES string of the molecule is CC(C)CC(=O)C1=C(O)C(=O)N(c2ccc(-c3ccsc3)cc2)C1c1ccccc1OCC(CO)CO. The molecular weight excluding hydrogens is 490 g/mol. The van der Waals surface area contributed by atoms with Gasteiger partial charge in [0.1, 0.15) is 5.75 Å². The van der Waals surface area contributed by atoms with Gasteiger partial charge in [-0.15, -0.1) is 0 Å². The van der Waals surface area contributed by atoms with Crippen LogP contribution in [0.25, 0.3) is 11.1 Å². The molecule has 0 spiro atoms. The van der Waals surface area contributed by atoms with Crippen molar-refractivity contribution in [1.82, 2.24) is 0 Å². The molecule has 194 valence electrons. The van der Waals surface area contributed by atoms with Crippen LogP contribution in [-0.2, 0) is 9.59 Å². The Kier molecular flexibility index (Phi) is 8.43. The summed E-state index contributed by atoms with van der Waals surface area (Å²) >= 11 is 1.59. The van der Waals surface area contributed by atoms with Crippen molar-refractivity contribution in [2.24, 2.45) is 11.8 Å². The Balaban J connectivity index is 1.78. The molecular formula is C29H31NO6S. The van der Waals surface area contributed by atoms with Crippen molar-refractivity contribution in [1.29, 1.82) is 0 Å². The molecule has 1 aliphatic heterocycles. The first-order chi connectivity index (χ1) is 17.8. The Morgan fingerprint density at radius 2 is 1.73 bits per heavy atom. The molecule has 2 heterocycles. The number of rotatable bonds is 11. The van der Waals surface area contributed by atoms with Crippen molar-refractivity contribution < 1.29 is 29.6 Å². The third kappa shape index (κ3) is 5.61. The fraction of sp³-hybridized carbons (Fsp3) is 0.310. The van der Waals surface area contributed by atoms with Crippen molar-refractivity contribution in [3.05, 3.63) is 82.3 Å². The first-order valence-corrected chi connectivity index (χ1v) is 13.2. The molecule has 3 aromatic rings. The Morgan fingerprint density at radius 1 is 1.03 bits per heavy atom. The monoisotopic (exact) mass is 521 g/mol. The van der Waals surface area contributed by atoms with Crippen molar-refractivity contribution >= 4 is 28.7 Å². The zero-order chi connectivity index (χ0) is 26.5. The smallest absolute Gasteiger partial charge is 0.294 e. The highest BCUT2D eigenvalue weighted by Gasteiger charge is 2.45. The summed E-state index contributed by atoms with van der Waals surface area (Å²) in [5, 5.41) is 33.9. The number of anilines is 1. The van der Waals surface area contributed by atoms with Gasteiger partial charge >= 0.3 is 0 Å². The largest absolute Gasteiger partial charge is 0.503 e. The van der Waals surface area contributed by atoms with Crippen molar-refractivity contribution in [2.75, 3.05) is 24.7 Å². The second kappa shape index (κ2) is 11.7. The average Bonchev–Trinajstić information content (AvgIpc) is 3.52. The Hall–Kier alpha value is -3.46. The minimum absolute atomic E-state index is 0.0313. The van der Waals surface area contributed by atoms with Crippen LogP contribution in [0, 0.1) is 11.8 Å². The predicted octanol–water partition coefficient (Wildman–Crippen LogP) is 4.91. The number of ether oxygens (including phenoxy) is 1. The molecule has 0 fully saturated rings. The standard InChI is InChI=1S/C29H31NO6S/c1-18(2)13-24(33)26-27(23-5-3-4-6-25(23)36-16-19(14-31)15-32)30(29(35)28(26)34)22-9-7-20(8-10-22)21-11-12-37-17-21/h3-12,17-19,27,31-32,34H,13-16H2,1-2H3. The number of carbonyl (C=O) groups excluding carboxylic acids is 2. The molecule has 2 aromatic carbocycles. The van der Waals surface area contributed by atoms with E-state index in [1.54, 1.807) is 47.7 Å². The molecule has 7 nitrogen and oxygen atoms in total. The van der Waals surface area contributed by atoms with Gasteiger partial charge < -0.3 is 20.1 Å². The van der Waals surface area contributed by atoms with E-state index in [4.69, 9.17) is 4.74 Å². The van der Waals surface area contributed by atoms with E-state index < -0.39 is 23.6 Å². The Bertz CT molecular complexity index is 1260. The molecule has 1 aliphatic rings. The number of hydrogen-bond acceptors (Lipinski definition) is 7. The number of nitrogens with zero attached hydrogens (tertiary/aromatic N) is 1. The van der Waals surface area contributed by atoms with E-state index in [2.05, 4.69) is 0 Å². The van der Waals surface area contributed by atoms with Crippen molar-refractivity contribution in [3.8, 4) is 16.9 Å². The molecule has 1 amide bonds. The molecule has 0 saturated carbocycles. The number of hydrogen-bond donors (Lipinski definition) is 3. The van der Waals surface area contributed by atoms with E-state index in [1.165, 1.54) is 4.90 Å². The summed E-state index contributed by atoms with van der Waals surface area (Å²) in [6.45, 7) is 3.36. The Morgan fingerprint density at radius 3 is 2.35 bits per heavy atom. The number of aliphatic hydroxyl groups is 3. The quantitative estimate of drug-likeness (QED) is 0.331. The van der Waals surface area contributed by atoms with Crippen molar-refractivity contribution in [2.45, 2.75) is 26.3 Å². The van der Waals surface area contributed by atoms with Gasteiger partial charge in [0.25, 0.3) is 5.91 Å². The van der Waals surface area contributed by atoms with Crippen LogP contribution in [0.3, 0.4) is 0 Å². The summed E-state index contributed by atoms with van der Waals surface area (Å²) in [5.74, 6) is -1.57. The van der Waals surface area contributed by atoms with Crippen LogP contribution in [0.2, 0.25) is 0 Å². The molecule has 0 aliphatic carbocycles. The van der Waals surface area contributed by atoms with Crippen LogP contribution in [0.15, 0.2) is 76.7 Å². The lowest BCUT2D eigenvalue weighted by molar-refractivity contribution is -0.118. The molecule has 0 bridgehead atoms. The lowest BCUT2D eigenvalue weighted by Crippen LogP contribution is -2.31. The number of aliphatic hydroxyl groups excluding tert-OH is 3. The highest BCUT2D eigenvalue weighted by molar-refractivity contribution is 7.08.